The van der Waals surface area contributed by atoms with E-state index in [1.54, 1.807) is 0 Å². The third-order valence-corrected chi connectivity index (χ3v) is 3.57. The summed E-state index contributed by atoms with van der Waals surface area (Å²) in [5.41, 5.74) is 8.29. The average Bonchev–Trinajstić information content (AvgIpc) is 2.70. The number of nitrogens with two attached hydrogens (primary N) is 1. The predicted molar refractivity (Wildman–Crippen MR) is 70.6 cm³/mol. The van der Waals surface area contributed by atoms with Gasteiger partial charge in [-0.05, 0) is 13.0 Å². The molecule has 2 unspecified atom stereocenters. The Balaban J connectivity index is 2.13. The first-order valence-corrected chi connectivity index (χ1v) is 6.20. The quantitative estimate of drug-likeness (QED) is 0.836. The molecule has 1 aromatic heterocycles. The van der Waals surface area contributed by atoms with Gasteiger partial charge in [0, 0.05) is 17.0 Å². The third-order valence-electron chi connectivity index (χ3n) is 3.57. The summed E-state index contributed by atoms with van der Waals surface area (Å²) in [6, 6.07) is 8.26. The van der Waals surface area contributed by atoms with Crippen LogP contribution in [0.2, 0.25) is 0 Å². The zero-order valence-corrected chi connectivity index (χ0v) is 10.6. The van der Waals surface area contributed by atoms with E-state index >= 15 is 0 Å². The number of fused-ring (bicyclic) bond motifs is 1. The molecule has 0 spiro atoms. The van der Waals surface area contributed by atoms with Gasteiger partial charge in [-0.25, -0.2) is 4.68 Å². The molecule has 94 valence electrons. The summed E-state index contributed by atoms with van der Waals surface area (Å²) < 4.78 is 7.67. The first kappa shape index (κ1) is 11.1. The standard InChI is InChI=1S/C14H17N3O/c1-9-7-16-17(14(9)15)13-10(2)8-18-12-6-4-3-5-11(12)13/h3-7,10,13H,8,15H2,1-2H3. The fourth-order valence-electron chi connectivity index (χ4n) is 2.53. The summed E-state index contributed by atoms with van der Waals surface area (Å²) in [6.45, 7) is 4.84. The second-order valence-electron chi connectivity index (χ2n) is 4.93. The van der Waals surface area contributed by atoms with Crippen LogP contribution in [-0.2, 0) is 0 Å². The smallest absolute Gasteiger partial charge is 0.125 e. The van der Waals surface area contributed by atoms with E-state index in [2.05, 4.69) is 18.1 Å². The van der Waals surface area contributed by atoms with Gasteiger partial charge in [0.05, 0.1) is 18.8 Å². The van der Waals surface area contributed by atoms with Crippen LogP contribution < -0.4 is 10.5 Å². The van der Waals surface area contributed by atoms with Gasteiger partial charge >= 0.3 is 0 Å². The first-order valence-electron chi connectivity index (χ1n) is 6.20. The summed E-state index contributed by atoms with van der Waals surface area (Å²) in [6.07, 6.45) is 1.82. The van der Waals surface area contributed by atoms with Gasteiger partial charge < -0.3 is 10.5 Å². The molecule has 4 heteroatoms. The average molecular weight is 243 g/mol. The van der Waals surface area contributed by atoms with Crippen molar-refractivity contribution < 1.29 is 4.74 Å². The van der Waals surface area contributed by atoms with Crippen molar-refractivity contribution in [2.45, 2.75) is 19.9 Å². The van der Waals surface area contributed by atoms with Crippen molar-refractivity contribution in [1.29, 1.82) is 0 Å². The van der Waals surface area contributed by atoms with Crippen LogP contribution in [-0.4, -0.2) is 16.4 Å². The summed E-state index contributed by atoms with van der Waals surface area (Å²) >= 11 is 0. The number of benzene rings is 1. The fraction of sp³-hybridized carbons (Fsp3) is 0.357. The second-order valence-corrected chi connectivity index (χ2v) is 4.93. The van der Waals surface area contributed by atoms with Crippen molar-refractivity contribution in [2.24, 2.45) is 5.92 Å². The summed E-state index contributed by atoms with van der Waals surface area (Å²) in [4.78, 5) is 0. The maximum Gasteiger partial charge on any atom is 0.125 e. The highest BCUT2D eigenvalue weighted by molar-refractivity contribution is 5.43. The Kier molecular flexibility index (Phi) is 2.51. The molecule has 0 saturated carbocycles. The van der Waals surface area contributed by atoms with Crippen LogP contribution in [0.25, 0.3) is 0 Å². The molecule has 0 bridgehead atoms. The van der Waals surface area contributed by atoms with E-state index in [1.807, 2.05) is 36.0 Å². The number of anilines is 1. The number of nitrogens with zero attached hydrogens (tertiary/aromatic N) is 2. The van der Waals surface area contributed by atoms with Crippen molar-refractivity contribution >= 4 is 5.82 Å². The summed E-state index contributed by atoms with van der Waals surface area (Å²) in [5.74, 6) is 2.03. The Morgan fingerprint density at radius 3 is 2.89 bits per heavy atom. The normalized spacial score (nSPS) is 22.3. The van der Waals surface area contributed by atoms with Gasteiger partial charge in [-0.3, -0.25) is 0 Å². The second kappa shape index (κ2) is 4.05. The summed E-state index contributed by atoms with van der Waals surface area (Å²) in [7, 11) is 0. The number of rotatable bonds is 1. The van der Waals surface area contributed by atoms with Gasteiger partial charge in [0.15, 0.2) is 0 Å². The van der Waals surface area contributed by atoms with Crippen molar-refractivity contribution in [3.05, 3.63) is 41.6 Å². The van der Waals surface area contributed by atoms with Crippen molar-refractivity contribution in [3.8, 4) is 5.75 Å². The molecule has 0 fully saturated rings. The van der Waals surface area contributed by atoms with Crippen molar-refractivity contribution in [2.75, 3.05) is 12.3 Å². The van der Waals surface area contributed by atoms with Crippen LogP contribution >= 0.6 is 0 Å². The molecule has 2 heterocycles. The maximum absolute atomic E-state index is 6.11. The molecular formula is C14H17N3O. The van der Waals surface area contributed by atoms with Gasteiger partial charge in [-0.2, -0.15) is 5.10 Å². The highest BCUT2D eigenvalue weighted by Crippen LogP contribution is 2.38. The van der Waals surface area contributed by atoms with E-state index in [4.69, 9.17) is 10.5 Å². The molecule has 1 aliphatic heterocycles. The van der Waals surface area contributed by atoms with E-state index < -0.39 is 0 Å². The number of hydrogen-bond acceptors (Lipinski definition) is 3. The third kappa shape index (κ3) is 1.56. The minimum atomic E-state index is 0.156. The molecule has 3 rings (SSSR count). The highest BCUT2D eigenvalue weighted by Gasteiger charge is 2.30. The van der Waals surface area contributed by atoms with E-state index in [-0.39, 0.29) is 6.04 Å². The van der Waals surface area contributed by atoms with Crippen LogP contribution in [0.4, 0.5) is 5.82 Å². The van der Waals surface area contributed by atoms with Crippen molar-refractivity contribution in [3.63, 3.8) is 0 Å². The van der Waals surface area contributed by atoms with E-state index in [9.17, 15) is 0 Å². The Hall–Kier alpha value is -1.97. The Morgan fingerprint density at radius 2 is 2.17 bits per heavy atom. The molecule has 0 aliphatic carbocycles. The zero-order valence-electron chi connectivity index (χ0n) is 10.6. The molecule has 1 aromatic carbocycles. The Bertz CT molecular complexity index is 576. The van der Waals surface area contributed by atoms with Gasteiger partial charge in [0.2, 0.25) is 0 Å². The Morgan fingerprint density at radius 1 is 1.39 bits per heavy atom. The Labute approximate surface area is 106 Å². The SMILES string of the molecule is Cc1cnn(C2c3ccccc3OCC2C)c1N. The van der Waals surface area contributed by atoms with Gasteiger partial charge in [0.25, 0.3) is 0 Å². The molecule has 0 radical (unpaired) electrons. The van der Waals surface area contributed by atoms with Gasteiger partial charge in [-0.15, -0.1) is 0 Å². The van der Waals surface area contributed by atoms with Gasteiger partial charge in [0.1, 0.15) is 11.6 Å². The molecule has 2 aromatic rings. The monoisotopic (exact) mass is 243 g/mol. The lowest BCUT2D eigenvalue weighted by molar-refractivity contribution is 0.186. The predicted octanol–water partition coefficient (Wildman–Crippen LogP) is 2.39. The minimum Gasteiger partial charge on any atom is -0.493 e. The van der Waals surface area contributed by atoms with Crippen molar-refractivity contribution in [1.82, 2.24) is 9.78 Å². The number of ether oxygens (including phenoxy) is 1. The number of para-hydroxylation sites is 1. The zero-order chi connectivity index (χ0) is 12.7. The molecule has 2 atom stereocenters. The molecule has 2 N–H and O–H groups in total. The van der Waals surface area contributed by atoms with E-state index in [0.717, 1.165) is 22.7 Å². The van der Waals surface area contributed by atoms with E-state index in [0.29, 0.717) is 12.5 Å². The number of hydrogen-bond donors (Lipinski definition) is 1. The lowest BCUT2D eigenvalue weighted by Crippen LogP contribution is -2.30. The first-order chi connectivity index (χ1) is 8.68. The van der Waals surface area contributed by atoms with Crippen LogP contribution in [0.5, 0.6) is 5.75 Å². The number of aryl methyl sites for hydroxylation is 1. The molecule has 18 heavy (non-hydrogen) atoms. The lowest BCUT2D eigenvalue weighted by Gasteiger charge is -2.32. The largest absolute Gasteiger partial charge is 0.493 e. The topological polar surface area (TPSA) is 53.1 Å². The van der Waals surface area contributed by atoms with Crippen LogP contribution in [0, 0.1) is 12.8 Å². The molecule has 4 nitrogen and oxygen atoms in total. The van der Waals surface area contributed by atoms with Crippen LogP contribution in [0.1, 0.15) is 24.1 Å². The number of aromatic nitrogens is 2. The molecule has 1 aliphatic rings. The fourth-order valence-corrected chi connectivity index (χ4v) is 2.53. The minimum absolute atomic E-state index is 0.156. The molecule has 0 amide bonds. The maximum atomic E-state index is 6.11. The van der Waals surface area contributed by atoms with Gasteiger partial charge in [-0.1, -0.05) is 25.1 Å². The van der Waals surface area contributed by atoms with Crippen LogP contribution in [0.3, 0.4) is 0 Å². The van der Waals surface area contributed by atoms with Crippen LogP contribution in [0.15, 0.2) is 30.5 Å². The highest BCUT2D eigenvalue weighted by atomic mass is 16.5. The summed E-state index contributed by atoms with van der Waals surface area (Å²) in [5, 5.41) is 4.42. The number of nitrogen functional groups attached to an aromatic ring is 1. The lowest BCUT2D eigenvalue weighted by atomic mass is 9.92. The van der Waals surface area contributed by atoms with E-state index in [1.165, 1.54) is 0 Å². The molecular weight excluding hydrogens is 226 g/mol. The molecule has 0 saturated heterocycles.